The predicted molar refractivity (Wildman–Crippen MR) is 99.0 cm³/mol. The fourth-order valence-electron chi connectivity index (χ4n) is 6.09. The lowest BCUT2D eigenvalue weighted by molar-refractivity contribution is -0.384. The topological polar surface area (TPSA) is 80.5 Å². The second-order valence-corrected chi connectivity index (χ2v) is 10.9. The van der Waals surface area contributed by atoms with Gasteiger partial charge in [-0.2, -0.15) is 0 Å². The average molecular weight is 378 g/mol. The first kappa shape index (κ1) is 17.9. The lowest BCUT2D eigenvalue weighted by Gasteiger charge is -2.57. The maximum absolute atomic E-state index is 12.8. The highest BCUT2D eigenvalue weighted by Gasteiger charge is 2.51. The Bertz CT molecular complexity index is 768. The SMILES string of the molecule is CN(CC12CC3CC(CC(C3)C1)C2)S(=O)(=O)Cc1ccc([N+](=O)[O-])cc1. The van der Waals surface area contributed by atoms with Crippen molar-refractivity contribution in [2.75, 3.05) is 13.6 Å². The molecule has 7 heteroatoms. The van der Waals surface area contributed by atoms with E-state index in [9.17, 15) is 18.5 Å². The predicted octanol–water partition coefficient (Wildman–Crippen LogP) is 3.57. The number of hydrogen-bond acceptors (Lipinski definition) is 4. The first-order valence-electron chi connectivity index (χ1n) is 9.42. The summed E-state index contributed by atoms with van der Waals surface area (Å²) in [5.41, 5.74) is 0.743. The average Bonchev–Trinajstić information content (AvgIpc) is 2.53. The molecule has 0 aliphatic heterocycles. The smallest absolute Gasteiger partial charge is 0.258 e. The van der Waals surface area contributed by atoms with E-state index in [4.69, 9.17) is 0 Å². The molecule has 4 fully saturated rings. The molecule has 0 amide bonds. The molecule has 0 heterocycles. The molecule has 0 radical (unpaired) electrons. The number of benzene rings is 1. The van der Waals surface area contributed by atoms with Crippen molar-refractivity contribution >= 4 is 15.7 Å². The van der Waals surface area contributed by atoms with E-state index in [0.29, 0.717) is 12.1 Å². The van der Waals surface area contributed by atoms with Gasteiger partial charge in [-0.1, -0.05) is 12.1 Å². The molecule has 26 heavy (non-hydrogen) atoms. The Hall–Kier alpha value is -1.47. The van der Waals surface area contributed by atoms with Crippen LogP contribution in [0, 0.1) is 33.3 Å². The van der Waals surface area contributed by atoms with E-state index in [2.05, 4.69) is 0 Å². The summed E-state index contributed by atoms with van der Waals surface area (Å²) in [7, 11) is -1.73. The second-order valence-electron chi connectivity index (χ2n) is 8.85. The molecule has 0 aromatic heterocycles. The molecule has 0 unspecified atom stereocenters. The van der Waals surface area contributed by atoms with Gasteiger partial charge in [-0.05, 0) is 67.3 Å². The minimum absolute atomic E-state index is 0.0203. The molecular weight excluding hydrogens is 352 g/mol. The number of rotatable bonds is 6. The van der Waals surface area contributed by atoms with Crippen LogP contribution in [0.5, 0.6) is 0 Å². The van der Waals surface area contributed by atoms with Crippen LogP contribution >= 0.6 is 0 Å². The Morgan fingerprint density at radius 3 is 2.04 bits per heavy atom. The van der Waals surface area contributed by atoms with Gasteiger partial charge in [-0.3, -0.25) is 10.1 Å². The summed E-state index contributed by atoms with van der Waals surface area (Å²) < 4.78 is 27.2. The Kier molecular flexibility index (Phi) is 4.34. The highest BCUT2D eigenvalue weighted by Crippen LogP contribution is 2.60. The minimum atomic E-state index is -3.43. The van der Waals surface area contributed by atoms with E-state index in [0.717, 1.165) is 17.8 Å². The first-order valence-corrected chi connectivity index (χ1v) is 11.0. The van der Waals surface area contributed by atoms with E-state index in [1.807, 2.05) is 0 Å². The van der Waals surface area contributed by atoms with E-state index < -0.39 is 14.9 Å². The molecule has 4 bridgehead atoms. The van der Waals surface area contributed by atoms with Gasteiger partial charge in [0.1, 0.15) is 0 Å². The zero-order valence-corrected chi connectivity index (χ0v) is 16.0. The number of hydrogen-bond donors (Lipinski definition) is 0. The molecule has 0 atom stereocenters. The van der Waals surface area contributed by atoms with Crippen molar-refractivity contribution in [2.45, 2.75) is 44.3 Å². The molecule has 142 valence electrons. The van der Waals surface area contributed by atoms with E-state index in [1.54, 1.807) is 11.4 Å². The second kappa shape index (κ2) is 6.30. The maximum atomic E-state index is 12.8. The Morgan fingerprint density at radius 2 is 1.58 bits per heavy atom. The third-order valence-corrected chi connectivity index (χ3v) is 8.47. The molecule has 0 N–H and O–H groups in total. The van der Waals surface area contributed by atoms with Crippen molar-refractivity contribution in [3.8, 4) is 0 Å². The number of non-ortho nitro benzene ring substituents is 1. The van der Waals surface area contributed by atoms with Crippen LogP contribution in [-0.2, 0) is 15.8 Å². The van der Waals surface area contributed by atoms with E-state index in [-0.39, 0.29) is 16.9 Å². The van der Waals surface area contributed by atoms with Crippen LogP contribution in [0.4, 0.5) is 5.69 Å². The van der Waals surface area contributed by atoms with Crippen LogP contribution in [0.15, 0.2) is 24.3 Å². The number of sulfonamides is 1. The molecule has 0 saturated heterocycles. The van der Waals surface area contributed by atoms with Gasteiger partial charge < -0.3 is 0 Å². The zero-order valence-electron chi connectivity index (χ0n) is 15.1. The Morgan fingerprint density at radius 1 is 1.08 bits per heavy atom. The van der Waals surface area contributed by atoms with Crippen LogP contribution in [0.1, 0.15) is 44.1 Å². The van der Waals surface area contributed by atoms with Gasteiger partial charge in [0.2, 0.25) is 10.0 Å². The van der Waals surface area contributed by atoms with Crippen molar-refractivity contribution < 1.29 is 13.3 Å². The van der Waals surface area contributed by atoms with Gasteiger partial charge in [0.15, 0.2) is 0 Å². The van der Waals surface area contributed by atoms with Gasteiger partial charge in [0, 0.05) is 25.7 Å². The normalized spacial score (nSPS) is 32.9. The summed E-state index contributed by atoms with van der Waals surface area (Å²) in [4.78, 5) is 10.3. The molecule has 5 rings (SSSR count). The van der Waals surface area contributed by atoms with Crippen LogP contribution in [0.25, 0.3) is 0 Å². The molecule has 6 nitrogen and oxygen atoms in total. The van der Waals surface area contributed by atoms with Gasteiger partial charge in [-0.15, -0.1) is 0 Å². The molecular formula is C19H26N2O4S. The van der Waals surface area contributed by atoms with Crippen molar-refractivity contribution in [3.63, 3.8) is 0 Å². The van der Waals surface area contributed by atoms with Crippen molar-refractivity contribution in [3.05, 3.63) is 39.9 Å². The molecule has 4 saturated carbocycles. The number of nitro groups is 1. The minimum Gasteiger partial charge on any atom is -0.258 e. The van der Waals surface area contributed by atoms with E-state index >= 15 is 0 Å². The summed E-state index contributed by atoms with van der Waals surface area (Å²) in [5.74, 6) is 2.29. The number of nitrogens with zero attached hydrogens (tertiary/aromatic N) is 2. The van der Waals surface area contributed by atoms with Crippen LogP contribution in [0.3, 0.4) is 0 Å². The molecule has 0 spiro atoms. The largest absolute Gasteiger partial charge is 0.269 e. The highest BCUT2D eigenvalue weighted by molar-refractivity contribution is 7.88. The summed E-state index contributed by atoms with van der Waals surface area (Å²) in [6, 6.07) is 5.80. The molecule has 1 aromatic carbocycles. The van der Waals surface area contributed by atoms with Crippen LogP contribution in [-0.4, -0.2) is 31.2 Å². The van der Waals surface area contributed by atoms with Gasteiger partial charge in [0.05, 0.1) is 10.7 Å². The lowest BCUT2D eigenvalue weighted by atomic mass is 9.49. The number of nitro benzene ring substituents is 1. The van der Waals surface area contributed by atoms with Crippen LogP contribution in [0.2, 0.25) is 0 Å². The summed E-state index contributed by atoms with van der Waals surface area (Å²) in [5, 5.41) is 10.7. The third-order valence-electron chi connectivity index (χ3n) is 6.69. The van der Waals surface area contributed by atoms with E-state index in [1.165, 1.54) is 62.8 Å². The monoisotopic (exact) mass is 378 g/mol. The Labute approximate surface area is 154 Å². The fourth-order valence-corrected chi connectivity index (χ4v) is 7.39. The fraction of sp³-hybridized carbons (Fsp3) is 0.684. The summed E-state index contributed by atoms with van der Waals surface area (Å²) in [6.45, 7) is 0.617. The molecule has 4 aliphatic carbocycles. The van der Waals surface area contributed by atoms with Crippen molar-refractivity contribution in [1.82, 2.24) is 4.31 Å². The molecule has 1 aromatic rings. The van der Waals surface area contributed by atoms with Gasteiger partial charge >= 0.3 is 0 Å². The van der Waals surface area contributed by atoms with Crippen LogP contribution < -0.4 is 0 Å². The lowest BCUT2D eigenvalue weighted by Crippen LogP contribution is -2.51. The van der Waals surface area contributed by atoms with Crippen molar-refractivity contribution in [2.24, 2.45) is 23.2 Å². The maximum Gasteiger partial charge on any atom is 0.269 e. The third kappa shape index (κ3) is 3.39. The Balaban J connectivity index is 1.45. The highest BCUT2D eigenvalue weighted by atomic mass is 32.2. The van der Waals surface area contributed by atoms with Gasteiger partial charge in [-0.25, -0.2) is 12.7 Å². The first-order chi connectivity index (χ1) is 12.2. The quantitative estimate of drug-likeness (QED) is 0.560. The summed E-state index contributed by atoms with van der Waals surface area (Å²) >= 11 is 0. The summed E-state index contributed by atoms with van der Waals surface area (Å²) in [6.07, 6.45) is 7.57. The van der Waals surface area contributed by atoms with Crippen molar-refractivity contribution in [1.29, 1.82) is 0 Å². The van der Waals surface area contributed by atoms with Gasteiger partial charge in [0.25, 0.3) is 5.69 Å². The molecule has 4 aliphatic rings. The standard InChI is InChI=1S/C19H26N2O4S/c1-20(13-19-9-15-6-16(10-19)8-17(7-15)11-19)26(24,25)12-14-2-4-18(5-3-14)21(22)23/h2-5,15-17H,6-13H2,1H3. The zero-order chi connectivity index (χ0) is 18.5.